The Morgan fingerprint density at radius 3 is 2.31 bits per heavy atom. The summed E-state index contributed by atoms with van der Waals surface area (Å²) < 4.78 is 29.7. The molecule has 3 heterocycles. The fourth-order valence-corrected chi connectivity index (χ4v) is 9.33. The zero-order valence-corrected chi connectivity index (χ0v) is 17.5. The Morgan fingerprint density at radius 1 is 1.15 bits per heavy atom. The van der Waals surface area contributed by atoms with E-state index in [1.807, 2.05) is 0 Å². The van der Waals surface area contributed by atoms with Gasteiger partial charge in [-0.15, -0.1) is 0 Å². The fraction of sp³-hybridized carbons (Fsp3) is 0.882. The van der Waals surface area contributed by atoms with Crippen LogP contribution in [-0.4, -0.2) is 57.9 Å². The third-order valence-electron chi connectivity index (χ3n) is 5.18. The summed E-state index contributed by atoms with van der Waals surface area (Å²) in [7, 11) is -2.74. The molecule has 0 aromatic carbocycles. The summed E-state index contributed by atoms with van der Waals surface area (Å²) >= 11 is 0. The predicted molar refractivity (Wildman–Crippen MR) is 93.6 cm³/mol. The van der Waals surface area contributed by atoms with Crippen LogP contribution in [0.4, 0.5) is 4.79 Å². The molecule has 0 aliphatic carbocycles. The van der Waals surface area contributed by atoms with Gasteiger partial charge < -0.3 is 28.4 Å². The molecule has 1 N–H and O–H groups in total. The highest BCUT2D eigenvalue weighted by Crippen LogP contribution is 2.55. The first-order valence-corrected chi connectivity index (χ1v) is 10.8. The molecule has 0 aromatic rings. The molecule has 3 rings (SSSR count). The first-order valence-electron chi connectivity index (χ1n) is 8.97. The van der Waals surface area contributed by atoms with E-state index in [1.54, 1.807) is 0 Å². The van der Waals surface area contributed by atoms with Gasteiger partial charge >= 0.3 is 20.6 Å². The smallest absolute Gasteiger partial charge is 0.408 e. The highest BCUT2D eigenvalue weighted by Gasteiger charge is 2.66. The van der Waals surface area contributed by atoms with Gasteiger partial charge in [0.05, 0.1) is 6.61 Å². The summed E-state index contributed by atoms with van der Waals surface area (Å²) in [6.07, 6.45) is -3.01. The quantitative estimate of drug-likeness (QED) is 0.545. The van der Waals surface area contributed by atoms with Gasteiger partial charge in [-0.25, -0.2) is 4.79 Å². The van der Waals surface area contributed by atoms with E-state index < -0.39 is 51.3 Å². The van der Waals surface area contributed by atoms with Gasteiger partial charge in [0.25, 0.3) is 0 Å². The van der Waals surface area contributed by atoms with Crippen LogP contribution in [0.5, 0.6) is 0 Å². The van der Waals surface area contributed by atoms with Crippen molar-refractivity contribution in [3.8, 4) is 0 Å². The number of esters is 1. The minimum Gasteiger partial charge on any atom is -0.441 e. The van der Waals surface area contributed by atoms with Gasteiger partial charge in [0.15, 0.2) is 6.10 Å². The van der Waals surface area contributed by atoms with Crippen molar-refractivity contribution in [2.75, 3.05) is 6.61 Å². The van der Waals surface area contributed by atoms with Crippen LogP contribution in [0.3, 0.4) is 0 Å². The first-order chi connectivity index (χ1) is 11.9. The maximum atomic E-state index is 11.9. The molecule has 0 aromatic heterocycles. The molecule has 1 amide bonds. The Kier molecular flexibility index (Phi) is 4.66. The van der Waals surface area contributed by atoms with Gasteiger partial charge in [-0.3, -0.25) is 4.79 Å². The molecule has 0 saturated carbocycles. The number of hydrogen-bond donors (Lipinski definition) is 1. The number of hydrogen-bond acceptors (Lipinski definition) is 7. The van der Waals surface area contributed by atoms with E-state index in [9.17, 15) is 9.59 Å². The summed E-state index contributed by atoms with van der Waals surface area (Å²) in [6.45, 7) is 14.3. The van der Waals surface area contributed by atoms with Crippen LogP contribution in [0.1, 0.15) is 48.5 Å². The summed E-state index contributed by atoms with van der Waals surface area (Å²) in [5, 5.41) is 2.28. The molecular formula is C17H29NO7Si. The van der Waals surface area contributed by atoms with E-state index in [4.69, 9.17) is 23.1 Å². The average Bonchev–Trinajstić information content (AvgIpc) is 2.86. The largest absolute Gasteiger partial charge is 0.441 e. The van der Waals surface area contributed by atoms with E-state index in [1.165, 1.54) is 6.92 Å². The van der Waals surface area contributed by atoms with E-state index in [2.05, 4.69) is 46.9 Å². The lowest BCUT2D eigenvalue weighted by Gasteiger charge is -2.56. The number of amides is 1. The minimum atomic E-state index is -2.74. The van der Waals surface area contributed by atoms with Crippen molar-refractivity contribution in [2.45, 2.75) is 89.2 Å². The molecule has 0 bridgehead atoms. The molecule has 8 nitrogen and oxygen atoms in total. The SMILES string of the molecule is CC(=O)O[C@H]1O[C@@H]2CO[Si](C(C)(C)C)(C(C)(C)C)O[C@H]2[C@@H]2OC(=O)N[C@H]12. The Balaban J connectivity index is 1.93. The topological polar surface area (TPSA) is 92.3 Å². The molecular weight excluding hydrogens is 358 g/mol. The maximum absolute atomic E-state index is 11.9. The molecule has 148 valence electrons. The number of nitrogens with one attached hydrogen (secondary N) is 1. The molecule has 0 spiro atoms. The summed E-state index contributed by atoms with van der Waals surface area (Å²) in [5.41, 5.74) is 0. The van der Waals surface area contributed by atoms with Gasteiger partial charge in [0, 0.05) is 17.0 Å². The Bertz CT molecular complexity index is 583. The summed E-state index contributed by atoms with van der Waals surface area (Å²) in [6, 6.07) is -0.600. The lowest BCUT2D eigenvalue weighted by molar-refractivity contribution is -0.262. The lowest BCUT2D eigenvalue weighted by atomic mass is 9.98. The van der Waals surface area contributed by atoms with Crippen molar-refractivity contribution >= 4 is 20.6 Å². The molecule has 26 heavy (non-hydrogen) atoms. The van der Waals surface area contributed by atoms with Crippen molar-refractivity contribution in [2.24, 2.45) is 0 Å². The molecule has 3 saturated heterocycles. The number of fused-ring (bicyclic) bond motifs is 3. The van der Waals surface area contributed by atoms with Crippen LogP contribution in [0.15, 0.2) is 0 Å². The molecule has 0 radical (unpaired) electrons. The van der Waals surface area contributed by atoms with Crippen molar-refractivity contribution in [3.63, 3.8) is 0 Å². The first kappa shape index (κ1) is 19.6. The van der Waals surface area contributed by atoms with E-state index in [-0.39, 0.29) is 10.1 Å². The normalized spacial score (nSPS) is 36.4. The second kappa shape index (κ2) is 6.18. The monoisotopic (exact) mass is 387 g/mol. The predicted octanol–water partition coefficient (Wildman–Crippen LogP) is 2.21. The Labute approximate surface area is 155 Å². The fourth-order valence-electron chi connectivity index (χ4n) is 4.37. The van der Waals surface area contributed by atoms with Crippen LogP contribution in [-0.2, 0) is 27.9 Å². The molecule has 9 heteroatoms. The average molecular weight is 388 g/mol. The number of ether oxygens (including phenoxy) is 3. The zero-order chi connectivity index (χ0) is 19.5. The van der Waals surface area contributed by atoms with E-state index in [0.29, 0.717) is 6.61 Å². The highest BCUT2D eigenvalue weighted by molar-refractivity contribution is 6.73. The molecule has 0 unspecified atom stereocenters. The van der Waals surface area contributed by atoms with Gasteiger partial charge in [0.2, 0.25) is 6.29 Å². The van der Waals surface area contributed by atoms with E-state index >= 15 is 0 Å². The van der Waals surface area contributed by atoms with Crippen LogP contribution in [0.25, 0.3) is 0 Å². The Morgan fingerprint density at radius 2 is 1.77 bits per heavy atom. The number of rotatable bonds is 1. The number of carbonyl (C=O) groups excluding carboxylic acids is 2. The van der Waals surface area contributed by atoms with Gasteiger partial charge in [-0.1, -0.05) is 41.5 Å². The third-order valence-corrected chi connectivity index (χ3v) is 10.3. The molecule has 3 fully saturated rings. The van der Waals surface area contributed by atoms with Crippen LogP contribution in [0.2, 0.25) is 10.1 Å². The molecule has 3 aliphatic heterocycles. The third kappa shape index (κ3) is 3.04. The summed E-state index contributed by atoms with van der Waals surface area (Å²) in [5.74, 6) is -0.487. The van der Waals surface area contributed by atoms with Crippen LogP contribution >= 0.6 is 0 Å². The van der Waals surface area contributed by atoms with Gasteiger partial charge in [-0.05, 0) is 0 Å². The molecule has 5 atom stereocenters. The summed E-state index contributed by atoms with van der Waals surface area (Å²) in [4.78, 5) is 23.3. The zero-order valence-electron chi connectivity index (χ0n) is 16.5. The van der Waals surface area contributed by atoms with Crippen LogP contribution < -0.4 is 5.32 Å². The standard InChI is InChI=1S/C17H29NO7Si/c1-9(19)22-14-11-13(24-15(20)18-11)12-10(23-14)8-21-26(25-12,16(2,3)4)17(5,6)7/h10-14H,8H2,1-7H3,(H,18,20)/t10-,11+,12-,13-,14+/m1/s1. The van der Waals surface area contributed by atoms with Crippen molar-refractivity contribution < 1.29 is 32.7 Å². The van der Waals surface area contributed by atoms with Crippen molar-refractivity contribution in [1.82, 2.24) is 5.32 Å². The lowest BCUT2D eigenvalue weighted by Crippen LogP contribution is -2.71. The second-order valence-electron chi connectivity index (χ2n) is 9.20. The number of carbonyl (C=O) groups is 2. The van der Waals surface area contributed by atoms with E-state index in [0.717, 1.165) is 0 Å². The highest BCUT2D eigenvalue weighted by atomic mass is 28.4. The van der Waals surface area contributed by atoms with Gasteiger partial charge in [-0.2, -0.15) is 0 Å². The second-order valence-corrected chi connectivity index (χ2v) is 14.0. The van der Waals surface area contributed by atoms with Crippen LogP contribution in [0, 0.1) is 0 Å². The Hall–Kier alpha value is -1.16. The van der Waals surface area contributed by atoms with Gasteiger partial charge in [0.1, 0.15) is 18.2 Å². The minimum absolute atomic E-state index is 0.200. The van der Waals surface area contributed by atoms with Crippen molar-refractivity contribution in [3.05, 3.63) is 0 Å². The number of alkyl carbamates (subject to hydrolysis) is 1. The maximum Gasteiger partial charge on any atom is 0.408 e. The van der Waals surface area contributed by atoms with Crippen molar-refractivity contribution in [1.29, 1.82) is 0 Å². The molecule has 3 aliphatic rings.